The Labute approximate surface area is 171 Å². The first-order valence-electron chi connectivity index (χ1n) is 9.00. The van der Waals surface area contributed by atoms with E-state index in [0.29, 0.717) is 31.1 Å². The fourth-order valence-electron chi connectivity index (χ4n) is 3.51. The van der Waals surface area contributed by atoms with Crippen molar-refractivity contribution in [2.24, 2.45) is 5.73 Å². The molecule has 7 heteroatoms. The lowest BCUT2D eigenvalue weighted by atomic mass is 9.74. The van der Waals surface area contributed by atoms with Gasteiger partial charge in [-0.3, -0.25) is 0 Å². The maximum atomic E-state index is 12.6. The van der Waals surface area contributed by atoms with Crippen LogP contribution >= 0.6 is 15.9 Å². The van der Waals surface area contributed by atoms with Crippen LogP contribution < -0.4 is 15.8 Å². The summed E-state index contributed by atoms with van der Waals surface area (Å²) in [6, 6.07) is 11.4. The lowest BCUT2D eigenvalue weighted by Gasteiger charge is -2.29. The topological polar surface area (TPSA) is 56.5 Å². The predicted octanol–water partition coefficient (Wildman–Crippen LogP) is 4.58. The first-order valence-corrected chi connectivity index (χ1v) is 9.79. The van der Waals surface area contributed by atoms with Gasteiger partial charge in [0.2, 0.25) is 0 Å². The highest BCUT2D eigenvalue weighted by Crippen LogP contribution is 2.40. The molecule has 150 valence electrons. The number of halogens is 3. The third-order valence-electron chi connectivity index (χ3n) is 4.82. The van der Waals surface area contributed by atoms with E-state index in [0.717, 1.165) is 21.2 Å². The molecule has 2 aromatic carbocycles. The number of ether oxygens (including phenoxy) is 2. The monoisotopic (exact) mass is 452 g/mol. The standard InChI is InChI=1S/C21H23BrF2N2O2/c1-3-27-11-14-7-16(9-17(22)8-14)21(10-19(25)26-12-21)15-4-5-18(13(2)6-15)28-20(23)24/h4-10,20,26H,3,11-12,25H2,1-2H3. The summed E-state index contributed by atoms with van der Waals surface area (Å²) in [5, 5.41) is 3.20. The molecule has 0 bridgehead atoms. The molecule has 3 N–H and O–H groups in total. The molecule has 1 aliphatic rings. The molecular formula is C21H23BrF2N2O2. The van der Waals surface area contributed by atoms with Crippen LogP contribution in [0, 0.1) is 6.92 Å². The van der Waals surface area contributed by atoms with Crippen LogP contribution in [0.25, 0.3) is 0 Å². The average Bonchev–Trinajstić information content (AvgIpc) is 3.04. The van der Waals surface area contributed by atoms with E-state index in [1.165, 1.54) is 0 Å². The Kier molecular flexibility index (Phi) is 6.25. The Hall–Kier alpha value is -2.12. The molecule has 0 aliphatic carbocycles. The second-order valence-corrected chi connectivity index (χ2v) is 7.68. The van der Waals surface area contributed by atoms with E-state index in [4.69, 9.17) is 10.5 Å². The number of aryl methyl sites for hydroxylation is 1. The minimum absolute atomic E-state index is 0.170. The summed E-state index contributed by atoms with van der Waals surface area (Å²) in [4.78, 5) is 0. The zero-order chi connectivity index (χ0) is 20.3. The molecule has 1 aliphatic heterocycles. The fourth-order valence-corrected chi connectivity index (χ4v) is 4.05. The molecule has 0 saturated carbocycles. The van der Waals surface area contributed by atoms with Gasteiger partial charge in [-0.25, -0.2) is 0 Å². The molecular weight excluding hydrogens is 430 g/mol. The summed E-state index contributed by atoms with van der Waals surface area (Å²) in [7, 11) is 0. The summed E-state index contributed by atoms with van der Waals surface area (Å²) < 4.78 is 36.3. The van der Waals surface area contributed by atoms with Crippen LogP contribution in [-0.2, 0) is 16.8 Å². The second kappa shape index (κ2) is 8.49. The van der Waals surface area contributed by atoms with E-state index >= 15 is 0 Å². The van der Waals surface area contributed by atoms with Gasteiger partial charge in [0.1, 0.15) is 5.75 Å². The molecule has 1 atom stereocenters. The molecule has 1 heterocycles. The van der Waals surface area contributed by atoms with Gasteiger partial charge in [0.15, 0.2) is 0 Å². The van der Waals surface area contributed by atoms with Gasteiger partial charge in [0.05, 0.1) is 17.8 Å². The Bertz CT molecular complexity index is 889. The van der Waals surface area contributed by atoms with E-state index in [1.807, 2.05) is 37.3 Å². The first kappa shape index (κ1) is 20.6. The molecule has 0 radical (unpaired) electrons. The summed E-state index contributed by atoms with van der Waals surface area (Å²) in [5.74, 6) is 0.750. The highest BCUT2D eigenvalue weighted by Gasteiger charge is 2.37. The van der Waals surface area contributed by atoms with Crippen LogP contribution in [0.1, 0.15) is 29.2 Å². The third-order valence-corrected chi connectivity index (χ3v) is 5.28. The molecule has 1 unspecified atom stereocenters. The van der Waals surface area contributed by atoms with Crippen LogP contribution in [0.5, 0.6) is 5.75 Å². The Morgan fingerprint density at radius 2 is 2.00 bits per heavy atom. The van der Waals surface area contributed by atoms with Gasteiger partial charge in [-0.05, 0) is 60.4 Å². The van der Waals surface area contributed by atoms with Crippen molar-refractivity contribution in [2.75, 3.05) is 13.2 Å². The number of hydrogen-bond donors (Lipinski definition) is 2. The maximum absolute atomic E-state index is 12.6. The van der Waals surface area contributed by atoms with E-state index in [-0.39, 0.29) is 5.75 Å². The van der Waals surface area contributed by atoms with Gasteiger partial charge in [-0.15, -0.1) is 0 Å². The van der Waals surface area contributed by atoms with E-state index in [9.17, 15) is 8.78 Å². The Balaban J connectivity index is 2.08. The van der Waals surface area contributed by atoms with Gasteiger partial charge < -0.3 is 20.5 Å². The van der Waals surface area contributed by atoms with E-state index < -0.39 is 12.0 Å². The third kappa shape index (κ3) is 4.31. The number of nitrogens with two attached hydrogens (primary N) is 1. The highest BCUT2D eigenvalue weighted by molar-refractivity contribution is 9.10. The average molecular weight is 453 g/mol. The van der Waals surface area contributed by atoms with Crippen LogP contribution in [-0.4, -0.2) is 19.8 Å². The van der Waals surface area contributed by atoms with Gasteiger partial charge in [0.25, 0.3) is 0 Å². The number of rotatable bonds is 7. The molecule has 3 rings (SSSR count). The minimum atomic E-state index is -2.85. The van der Waals surface area contributed by atoms with Gasteiger partial charge in [-0.2, -0.15) is 8.78 Å². The SMILES string of the molecule is CCOCc1cc(Br)cc(C2(c3ccc(OC(F)F)c(C)c3)C=C(N)NC2)c1. The molecule has 28 heavy (non-hydrogen) atoms. The molecule has 0 fully saturated rings. The summed E-state index contributed by atoms with van der Waals surface area (Å²) in [6.07, 6.45) is 1.97. The van der Waals surface area contributed by atoms with Crippen molar-refractivity contribution in [3.8, 4) is 5.75 Å². The summed E-state index contributed by atoms with van der Waals surface area (Å²) in [5.41, 5.74) is 9.20. The zero-order valence-corrected chi connectivity index (χ0v) is 17.4. The Morgan fingerprint density at radius 3 is 2.61 bits per heavy atom. The van der Waals surface area contributed by atoms with Gasteiger partial charge >= 0.3 is 6.61 Å². The lowest BCUT2D eigenvalue weighted by molar-refractivity contribution is -0.0503. The number of alkyl halides is 2. The summed E-state index contributed by atoms with van der Waals surface area (Å²) >= 11 is 3.59. The van der Waals surface area contributed by atoms with Crippen molar-refractivity contribution in [3.05, 3.63) is 75.0 Å². The highest BCUT2D eigenvalue weighted by atomic mass is 79.9. The normalized spacial score (nSPS) is 18.9. The van der Waals surface area contributed by atoms with Crippen LogP contribution in [0.2, 0.25) is 0 Å². The second-order valence-electron chi connectivity index (χ2n) is 6.77. The number of benzene rings is 2. The van der Waals surface area contributed by atoms with Crippen molar-refractivity contribution in [1.29, 1.82) is 0 Å². The smallest absolute Gasteiger partial charge is 0.387 e. The van der Waals surface area contributed by atoms with Crippen molar-refractivity contribution in [2.45, 2.75) is 32.5 Å². The molecule has 4 nitrogen and oxygen atoms in total. The van der Waals surface area contributed by atoms with Gasteiger partial charge in [0, 0.05) is 17.6 Å². The predicted molar refractivity (Wildman–Crippen MR) is 108 cm³/mol. The first-order chi connectivity index (χ1) is 13.3. The molecule has 0 spiro atoms. The minimum Gasteiger partial charge on any atom is -0.435 e. The number of nitrogens with one attached hydrogen (secondary N) is 1. The molecule has 2 aromatic rings. The maximum Gasteiger partial charge on any atom is 0.387 e. The fraction of sp³-hybridized carbons (Fsp3) is 0.333. The lowest BCUT2D eigenvalue weighted by Crippen LogP contribution is -2.31. The van der Waals surface area contributed by atoms with Crippen LogP contribution in [0.4, 0.5) is 8.78 Å². The van der Waals surface area contributed by atoms with E-state index in [2.05, 4.69) is 32.0 Å². The van der Waals surface area contributed by atoms with Crippen molar-refractivity contribution in [1.82, 2.24) is 5.32 Å². The number of hydrogen-bond acceptors (Lipinski definition) is 4. The Morgan fingerprint density at radius 1 is 1.21 bits per heavy atom. The van der Waals surface area contributed by atoms with E-state index in [1.54, 1.807) is 13.0 Å². The van der Waals surface area contributed by atoms with Gasteiger partial charge in [-0.1, -0.05) is 34.1 Å². The molecule has 0 amide bonds. The van der Waals surface area contributed by atoms with Crippen molar-refractivity contribution >= 4 is 15.9 Å². The van der Waals surface area contributed by atoms with Crippen LogP contribution in [0.3, 0.4) is 0 Å². The zero-order valence-electron chi connectivity index (χ0n) is 15.8. The van der Waals surface area contributed by atoms with Crippen molar-refractivity contribution < 1.29 is 18.3 Å². The molecule has 0 saturated heterocycles. The van der Waals surface area contributed by atoms with Crippen LogP contribution in [0.15, 0.2) is 52.8 Å². The quantitative estimate of drug-likeness (QED) is 0.645. The molecule has 0 aromatic heterocycles. The largest absolute Gasteiger partial charge is 0.435 e. The summed E-state index contributed by atoms with van der Waals surface area (Å²) in [6.45, 7) is 2.56. The van der Waals surface area contributed by atoms with Crippen molar-refractivity contribution in [3.63, 3.8) is 0 Å².